The fourth-order valence-corrected chi connectivity index (χ4v) is 1.56. The second kappa shape index (κ2) is 6.06. The molecule has 0 radical (unpaired) electrons. The zero-order valence-corrected chi connectivity index (χ0v) is 11.4. The first-order valence-corrected chi connectivity index (χ1v) is 6.25. The van der Waals surface area contributed by atoms with Gasteiger partial charge in [0.05, 0.1) is 13.2 Å². The van der Waals surface area contributed by atoms with Gasteiger partial charge in [0.25, 0.3) is 0 Å². The Morgan fingerprint density at radius 3 is 2.59 bits per heavy atom. The third kappa shape index (κ3) is 5.22. The molecule has 17 heavy (non-hydrogen) atoms. The smallest absolute Gasteiger partial charge is 0.119 e. The molecule has 0 aromatic heterocycles. The van der Waals surface area contributed by atoms with Crippen LogP contribution in [0.15, 0.2) is 24.3 Å². The number of aliphatic hydroxyl groups is 1. The zero-order valence-electron chi connectivity index (χ0n) is 11.4. The van der Waals surface area contributed by atoms with E-state index in [9.17, 15) is 0 Å². The summed E-state index contributed by atoms with van der Waals surface area (Å²) in [4.78, 5) is 0. The minimum atomic E-state index is -0.186. The summed E-state index contributed by atoms with van der Waals surface area (Å²) in [6, 6.07) is 8.22. The van der Waals surface area contributed by atoms with Gasteiger partial charge in [0.1, 0.15) is 5.75 Å². The normalized spacial score (nSPS) is 11.9. The molecule has 0 saturated heterocycles. The Hall–Kier alpha value is -1.02. The van der Waals surface area contributed by atoms with Crippen molar-refractivity contribution < 1.29 is 9.84 Å². The molecule has 1 aromatic rings. The number of hydrogen-bond donors (Lipinski definition) is 1. The minimum absolute atomic E-state index is 0.138. The van der Waals surface area contributed by atoms with E-state index in [1.54, 1.807) is 0 Å². The van der Waals surface area contributed by atoms with Crippen LogP contribution in [0.1, 0.15) is 33.3 Å². The van der Waals surface area contributed by atoms with Gasteiger partial charge >= 0.3 is 0 Å². The highest BCUT2D eigenvalue weighted by Crippen LogP contribution is 2.20. The number of rotatable bonds is 6. The second-order valence-electron chi connectivity index (χ2n) is 5.86. The molecule has 1 rings (SSSR count). The molecule has 0 aliphatic carbocycles. The summed E-state index contributed by atoms with van der Waals surface area (Å²) < 4.78 is 5.72. The fraction of sp³-hybridized carbons (Fsp3) is 0.600. The minimum Gasteiger partial charge on any atom is -0.493 e. The van der Waals surface area contributed by atoms with Crippen molar-refractivity contribution in [2.75, 3.05) is 13.2 Å². The number of hydrogen-bond acceptors (Lipinski definition) is 2. The molecule has 0 fully saturated rings. The third-order valence-corrected chi connectivity index (χ3v) is 2.60. The molecule has 96 valence electrons. The molecule has 1 N–H and O–H groups in total. The first kappa shape index (κ1) is 14.0. The lowest BCUT2D eigenvalue weighted by Gasteiger charge is -2.22. The molecule has 1 aromatic carbocycles. The van der Waals surface area contributed by atoms with Crippen LogP contribution in [0.5, 0.6) is 5.75 Å². The lowest BCUT2D eigenvalue weighted by Crippen LogP contribution is -2.25. The van der Waals surface area contributed by atoms with Gasteiger partial charge in [-0.1, -0.05) is 39.8 Å². The molecule has 0 aliphatic rings. The van der Waals surface area contributed by atoms with Gasteiger partial charge in [-0.3, -0.25) is 0 Å². The van der Waals surface area contributed by atoms with Crippen LogP contribution in [0.25, 0.3) is 0 Å². The van der Waals surface area contributed by atoms with E-state index in [-0.39, 0.29) is 12.0 Å². The maximum Gasteiger partial charge on any atom is 0.119 e. The SMILES string of the molecule is CC(C)Cc1cccc(OCC(C)(C)CO)c1. The molecule has 0 amide bonds. The van der Waals surface area contributed by atoms with E-state index in [0.717, 1.165) is 12.2 Å². The van der Waals surface area contributed by atoms with Gasteiger partial charge in [-0.05, 0) is 30.0 Å². The van der Waals surface area contributed by atoms with E-state index in [0.29, 0.717) is 12.5 Å². The Bertz CT molecular complexity index is 343. The molecule has 0 spiro atoms. The Balaban J connectivity index is 2.60. The predicted octanol–water partition coefficient (Wildman–Crippen LogP) is 3.28. The van der Waals surface area contributed by atoms with Crippen LogP contribution < -0.4 is 4.74 Å². The molecule has 2 heteroatoms. The highest BCUT2D eigenvalue weighted by Gasteiger charge is 2.17. The van der Waals surface area contributed by atoms with Crippen LogP contribution in [-0.4, -0.2) is 18.3 Å². The van der Waals surface area contributed by atoms with Crippen LogP contribution in [0.3, 0.4) is 0 Å². The zero-order chi connectivity index (χ0) is 12.9. The van der Waals surface area contributed by atoms with E-state index in [4.69, 9.17) is 9.84 Å². The monoisotopic (exact) mass is 236 g/mol. The molecular weight excluding hydrogens is 212 g/mol. The first-order chi connectivity index (χ1) is 7.93. The van der Waals surface area contributed by atoms with E-state index in [2.05, 4.69) is 26.0 Å². The average Bonchev–Trinajstić information content (AvgIpc) is 2.26. The molecule has 0 saturated carbocycles. The number of ether oxygens (including phenoxy) is 1. The standard InChI is InChI=1S/C15H24O2/c1-12(2)8-13-6-5-7-14(9-13)17-11-15(3,4)10-16/h5-7,9,12,16H,8,10-11H2,1-4H3. The average molecular weight is 236 g/mol. The van der Waals surface area contributed by atoms with Gasteiger partial charge in [-0.25, -0.2) is 0 Å². The van der Waals surface area contributed by atoms with E-state index in [1.165, 1.54) is 5.56 Å². The van der Waals surface area contributed by atoms with Crippen molar-refractivity contribution in [3.63, 3.8) is 0 Å². The quantitative estimate of drug-likeness (QED) is 0.821. The van der Waals surface area contributed by atoms with Gasteiger partial charge in [0, 0.05) is 5.41 Å². The Kier molecular flexibility index (Phi) is 5.01. The number of benzene rings is 1. The van der Waals surface area contributed by atoms with Gasteiger partial charge in [0.15, 0.2) is 0 Å². The third-order valence-electron chi connectivity index (χ3n) is 2.60. The number of aliphatic hydroxyl groups excluding tert-OH is 1. The van der Waals surface area contributed by atoms with Crippen molar-refractivity contribution in [2.45, 2.75) is 34.1 Å². The largest absolute Gasteiger partial charge is 0.493 e. The summed E-state index contributed by atoms with van der Waals surface area (Å²) >= 11 is 0. The summed E-state index contributed by atoms with van der Waals surface area (Å²) in [7, 11) is 0. The topological polar surface area (TPSA) is 29.5 Å². The highest BCUT2D eigenvalue weighted by atomic mass is 16.5. The summed E-state index contributed by atoms with van der Waals surface area (Å²) in [6.45, 7) is 9.08. The van der Waals surface area contributed by atoms with Crippen molar-refractivity contribution in [1.29, 1.82) is 0 Å². The van der Waals surface area contributed by atoms with Crippen LogP contribution in [0.4, 0.5) is 0 Å². The van der Waals surface area contributed by atoms with E-state index < -0.39 is 0 Å². The molecule has 0 bridgehead atoms. The van der Waals surface area contributed by atoms with Crippen molar-refractivity contribution >= 4 is 0 Å². The first-order valence-electron chi connectivity index (χ1n) is 6.25. The second-order valence-corrected chi connectivity index (χ2v) is 5.86. The maximum atomic E-state index is 9.17. The summed E-state index contributed by atoms with van der Waals surface area (Å²) in [6.07, 6.45) is 1.07. The Morgan fingerprint density at radius 1 is 1.29 bits per heavy atom. The van der Waals surface area contributed by atoms with Crippen molar-refractivity contribution in [1.82, 2.24) is 0 Å². The van der Waals surface area contributed by atoms with E-state index >= 15 is 0 Å². The lowest BCUT2D eigenvalue weighted by molar-refractivity contribution is 0.0975. The van der Waals surface area contributed by atoms with Gasteiger partial charge in [-0.2, -0.15) is 0 Å². The van der Waals surface area contributed by atoms with Crippen molar-refractivity contribution in [2.24, 2.45) is 11.3 Å². The van der Waals surface area contributed by atoms with Crippen LogP contribution in [-0.2, 0) is 6.42 Å². The molecule has 0 unspecified atom stereocenters. The lowest BCUT2D eigenvalue weighted by atomic mass is 9.96. The Morgan fingerprint density at radius 2 is 2.00 bits per heavy atom. The summed E-state index contributed by atoms with van der Waals surface area (Å²) in [5.74, 6) is 1.55. The molecule has 0 heterocycles. The molecule has 0 atom stereocenters. The van der Waals surface area contributed by atoms with Crippen LogP contribution in [0, 0.1) is 11.3 Å². The molecule has 2 nitrogen and oxygen atoms in total. The van der Waals surface area contributed by atoms with Gasteiger partial charge in [-0.15, -0.1) is 0 Å². The highest BCUT2D eigenvalue weighted by molar-refractivity contribution is 5.28. The van der Waals surface area contributed by atoms with Crippen LogP contribution >= 0.6 is 0 Å². The maximum absolute atomic E-state index is 9.17. The predicted molar refractivity (Wildman–Crippen MR) is 71.3 cm³/mol. The van der Waals surface area contributed by atoms with Crippen molar-refractivity contribution in [3.8, 4) is 5.75 Å². The van der Waals surface area contributed by atoms with E-state index in [1.807, 2.05) is 26.0 Å². The summed E-state index contributed by atoms with van der Waals surface area (Å²) in [5, 5.41) is 9.17. The fourth-order valence-electron chi connectivity index (χ4n) is 1.56. The molecular formula is C15H24O2. The van der Waals surface area contributed by atoms with Gasteiger partial charge in [0.2, 0.25) is 0 Å². The molecule has 0 aliphatic heterocycles. The van der Waals surface area contributed by atoms with Gasteiger partial charge < -0.3 is 9.84 Å². The summed E-state index contributed by atoms with van der Waals surface area (Å²) in [5.41, 5.74) is 1.12. The Labute approximate surface area is 105 Å². The van der Waals surface area contributed by atoms with Crippen LogP contribution in [0.2, 0.25) is 0 Å². The van der Waals surface area contributed by atoms with Crippen molar-refractivity contribution in [3.05, 3.63) is 29.8 Å².